The summed E-state index contributed by atoms with van der Waals surface area (Å²) in [6.07, 6.45) is 0. The van der Waals surface area contributed by atoms with Crippen LogP contribution in [0.1, 0.15) is 5.56 Å². The fourth-order valence-corrected chi connectivity index (χ4v) is 2.82. The Balaban J connectivity index is 1.89. The van der Waals surface area contributed by atoms with Crippen LogP contribution in [0.2, 0.25) is 0 Å². The van der Waals surface area contributed by atoms with Crippen LogP contribution in [0.5, 0.6) is 0 Å². The molecule has 0 atom stereocenters. The molecule has 0 saturated carbocycles. The van der Waals surface area contributed by atoms with Gasteiger partial charge in [-0.3, -0.25) is 4.79 Å². The maximum Gasteiger partial charge on any atom is 0.243 e. The van der Waals surface area contributed by atoms with E-state index < -0.39 is 33.2 Å². The van der Waals surface area contributed by atoms with Gasteiger partial charge in [-0.15, -0.1) is 0 Å². The second kappa shape index (κ2) is 7.15. The summed E-state index contributed by atoms with van der Waals surface area (Å²) < 4.78 is 39.3. The molecule has 5 nitrogen and oxygen atoms in total. The zero-order valence-corrected chi connectivity index (χ0v) is 12.4. The van der Waals surface area contributed by atoms with Gasteiger partial charge in [-0.05, 0) is 17.7 Å². The van der Waals surface area contributed by atoms with E-state index in [9.17, 15) is 17.6 Å². The number of hydrogen-bond acceptors (Lipinski definition) is 3. The molecule has 0 bridgehead atoms. The molecular formula is C15H15FN2O3S. The van der Waals surface area contributed by atoms with E-state index in [1.54, 1.807) is 0 Å². The third kappa shape index (κ3) is 4.37. The Labute approximate surface area is 128 Å². The number of amides is 1. The van der Waals surface area contributed by atoms with E-state index in [4.69, 9.17) is 0 Å². The van der Waals surface area contributed by atoms with Gasteiger partial charge in [-0.25, -0.2) is 17.5 Å². The minimum Gasteiger partial charge on any atom is -0.351 e. The zero-order valence-electron chi connectivity index (χ0n) is 11.6. The third-order valence-electron chi connectivity index (χ3n) is 2.88. The fraction of sp³-hybridized carbons (Fsp3) is 0.133. The molecule has 0 heterocycles. The Bertz CT molecular complexity index is 748. The standard InChI is InChI=1S/C15H15FN2O3S/c16-13-8-4-5-9-14(13)22(20,21)18-11-15(19)17-10-12-6-2-1-3-7-12/h1-9,18H,10-11H2,(H,17,19). The largest absolute Gasteiger partial charge is 0.351 e. The van der Waals surface area contributed by atoms with E-state index >= 15 is 0 Å². The van der Waals surface area contributed by atoms with Crippen LogP contribution in [0.25, 0.3) is 0 Å². The Hall–Kier alpha value is -2.25. The molecule has 0 radical (unpaired) electrons. The lowest BCUT2D eigenvalue weighted by molar-refractivity contribution is -0.120. The van der Waals surface area contributed by atoms with Crippen LogP contribution in [0.4, 0.5) is 4.39 Å². The van der Waals surface area contributed by atoms with Crippen LogP contribution >= 0.6 is 0 Å². The van der Waals surface area contributed by atoms with Crippen LogP contribution in [-0.4, -0.2) is 20.9 Å². The minimum atomic E-state index is -4.05. The molecule has 2 N–H and O–H groups in total. The number of sulfonamides is 1. The Morgan fingerprint density at radius 2 is 1.64 bits per heavy atom. The van der Waals surface area contributed by atoms with Crippen LogP contribution in [0, 0.1) is 5.82 Å². The molecule has 0 aromatic heterocycles. The normalized spacial score (nSPS) is 11.1. The first-order valence-electron chi connectivity index (χ1n) is 6.54. The molecular weight excluding hydrogens is 307 g/mol. The van der Waals surface area contributed by atoms with Crippen molar-refractivity contribution in [2.24, 2.45) is 0 Å². The summed E-state index contributed by atoms with van der Waals surface area (Å²) in [7, 11) is -4.05. The highest BCUT2D eigenvalue weighted by Crippen LogP contribution is 2.12. The van der Waals surface area contributed by atoms with Crippen molar-refractivity contribution in [2.75, 3.05) is 6.54 Å². The first-order chi connectivity index (χ1) is 10.5. The van der Waals surface area contributed by atoms with Crippen LogP contribution in [0.15, 0.2) is 59.5 Å². The van der Waals surface area contributed by atoms with Gasteiger partial charge in [-0.1, -0.05) is 42.5 Å². The minimum absolute atomic E-state index is 0.293. The summed E-state index contributed by atoms with van der Waals surface area (Å²) in [5.74, 6) is -1.36. The second-order valence-corrected chi connectivity index (χ2v) is 6.25. The Morgan fingerprint density at radius 3 is 2.32 bits per heavy atom. The van der Waals surface area contributed by atoms with Gasteiger partial charge in [0.25, 0.3) is 0 Å². The third-order valence-corrected chi connectivity index (χ3v) is 4.32. The fourth-order valence-electron chi connectivity index (χ4n) is 1.76. The van der Waals surface area contributed by atoms with Gasteiger partial charge in [-0.2, -0.15) is 0 Å². The SMILES string of the molecule is O=C(CNS(=O)(=O)c1ccccc1F)NCc1ccccc1. The average molecular weight is 322 g/mol. The molecule has 0 unspecified atom stereocenters. The lowest BCUT2D eigenvalue weighted by Gasteiger charge is -2.08. The van der Waals surface area contributed by atoms with E-state index in [0.29, 0.717) is 6.54 Å². The van der Waals surface area contributed by atoms with Gasteiger partial charge in [0.1, 0.15) is 10.7 Å². The summed E-state index contributed by atoms with van der Waals surface area (Å²) in [5, 5.41) is 2.58. The van der Waals surface area contributed by atoms with E-state index in [1.165, 1.54) is 12.1 Å². The van der Waals surface area contributed by atoms with E-state index in [0.717, 1.165) is 17.7 Å². The van der Waals surface area contributed by atoms with Gasteiger partial charge in [0.15, 0.2) is 0 Å². The van der Waals surface area contributed by atoms with E-state index in [1.807, 2.05) is 30.3 Å². The molecule has 0 aliphatic rings. The maximum atomic E-state index is 13.5. The maximum absolute atomic E-state index is 13.5. The molecule has 0 saturated heterocycles. The molecule has 0 aliphatic carbocycles. The summed E-state index contributed by atoms with van der Waals surface area (Å²) in [4.78, 5) is 11.2. The number of halogens is 1. The number of carbonyl (C=O) groups is 1. The van der Waals surface area contributed by atoms with Crippen molar-refractivity contribution in [3.05, 3.63) is 66.0 Å². The van der Waals surface area contributed by atoms with Gasteiger partial charge in [0, 0.05) is 6.54 Å². The van der Waals surface area contributed by atoms with Crippen molar-refractivity contribution in [1.29, 1.82) is 0 Å². The van der Waals surface area contributed by atoms with Crippen LogP contribution < -0.4 is 10.0 Å². The summed E-state index contributed by atoms with van der Waals surface area (Å²) >= 11 is 0. The highest BCUT2D eigenvalue weighted by molar-refractivity contribution is 7.89. The van der Waals surface area contributed by atoms with Gasteiger partial charge in [0.2, 0.25) is 15.9 Å². The monoisotopic (exact) mass is 322 g/mol. The smallest absolute Gasteiger partial charge is 0.243 e. The summed E-state index contributed by atoms with van der Waals surface area (Å²) in [5.41, 5.74) is 0.896. The molecule has 2 aromatic rings. The lowest BCUT2D eigenvalue weighted by Crippen LogP contribution is -2.36. The van der Waals surface area contributed by atoms with Crippen molar-refractivity contribution in [1.82, 2.24) is 10.0 Å². The van der Waals surface area contributed by atoms with Crippen molar-refractivity contribution in [3.63, 3.8) is 0 Å². The molecule has 0 spiro atoms. The van der Waals surface area contributed by atoms with Crippen molar-refractivity contribution >= 4 is 15.9 Å². The van der Waals surface area contributed by atoms with Crippen LogP contribution in [0.3, 0.4) is 0 Å². The predicted octanol–water partition coefficient (Wildman–Crippen LogP) is 1.42. The van der Waals surface area contributed by atoms with Crippen molar-refractivity contribution in [2.45, 2.75) is 11.4 Å². The van der Waals surface area contributed by atoms with Crippen molar-refractivity contribution < 1.29 is 17.6 Å². The quantitative estimate of drug-likeness (QED) is 0.844. The van der Waals surface area contributed by atoms with Crippen molar-refractivity contribution in [3.8, 4) is 0 Å². The molecule has 7 heteroatoms. The van der Waals surface area contributed by atoms with Crippen LogP contribution in [-0.2, 0) is 21.4 Å². The van der Waals surface area contributed by atoms with Gasteiger partial charge < -0.3 is 5.32 Å². The van der Waals surface area contributed by atoms with Gasteiger partial charge in [0.05, 0.1) is 6.54 Å². The number of benzene rings is 2. The number of rotatable bonds is 6. The molecule has 2 aromatic carbocycles. The molecule has 1 amide bonds. The van der Waals surface area contributed by atoms with Gasteiger partial charge >= 0.3 is 0 Å². The second-order valence-electron chi connectivity index (χ2n) is 4.52. The molecule has 2 rings (SSSR count). The topological polar surface area (TPSA) is 75.3 Å². The molecule has 116 valence electrons. The van der Waals surface area contributed by atoms with E-state index in [-0.39, 0.29) is 0 Å². The summed E-state index contributed by atoms with van der Waals surface area (Å²) in [6.45, 7) is -0.162. The Kier molecular flexibility index (Phi) is 5.24. The number of hydrogen-bond donors (Lipinski definition) is 2. The summed E-state index contributed by atoms with van der Waals surface area (Å²) in [6, 6.07) is 14.2. The predicted molar refractivity (Wildman–Crippen MR) is 79.9 cm³/mol. The molecule has 0 aliphatic heterocycles. The average Bonchev–Trinajstić information content (AvgIpc) is 2.52. The lowest BCUT2D eigenvalue weighted by atomic mass is 10.2. The first-order valence-corrected chi connectivity index (χ1v) is 8.02. The molecule has 0 fully saturated rings. The molecule has 22 heavy (non-hydrogen) atoms. The number of nitrogens with one attached hydrogen (secondary N) is 2. The highest BCUT2D eigenvalue weighted by Gasteiger charge is 2.19. The number of carbonyl (C=O) groups excluding carboxylic acids is 1. The first kappa shape index (κ1) is 16.1. The zero-order chi connectivity index (χ0) is 16.0. The highest BCUT2D eigenvalue weighted by atomic mass is 32.2. The van der Waals surface area contributed by atoms with E-state index in [2.05, 4.69) is 10.0 Å². The Morgan fingerprint density at radius 1 is 1.00 bits per heavy atom.